The molecule has 22 heavy (non-hydrogen) atoms. The van der Waals surface area contributed by atoms with Crippen LogP contribution in [0, 0.1) is 16.0 Å². The standard InChI is InChI=1S/C15H19ClN2O4/c1-10(19)12-3-2-6-17(9-12)15(20)7-11-4-5-13(18(21)22)8-14(11)16/h4-5,8,10,12,19H,2-3,6-7,9H2,1H3. The molecule has 2 rings (SSSR count). The number of nitro groups is 1. The van der Waals surface area contributed by atoms with E-state index < -0.39 is 11.0 Å². The van der Waals surface area contributed by atoms with E-state index in [9.17, 15) is 20.0 Å². The summed E-state index contributed by atoms with van der Waals surface area (Å²) >= 11 is 6.02. The molecule has 0 aromatic heterocycles. The van der Waals surface area contributed by atoms with Gasteiger partial charge in [-0.1, -0.05) is 17.7 Å². The molecule has 2 atom stereocenters. The third-order valence-electron chi connectivity index (χ3n) is 4.08. The quantitative estimate of drug-likeness (QED) is 0.680. The summed E-state index contributed by atoms with van der Waals surface area (Å²) in [6.45, 7) is 2.96. The van der Waals surface area contributed by atoms with Gasteiger partial charge in [-0.2, -0.15) is 0 Å². The fourth-order valence-corrected chi connectivity index (χ4v) is 2.94. The van der Waals surface area contributed by atoms with Gasteiger partial charge in [0.25, 0.3) is 5.69 Å². The Kier molecular flexibility index (Phi) is 5.37. The van der Waals surface area contributed by atoms with Crippen molar-refractivity contribution in [1.82, 2.24) is 4.90 Å². The molecule has 0 radical (unpaired) electrons. The van der Waals surface area contributed by atoms with E-state index in [2.05, 4.69) is 0 Å². The first kappa shape index (κ1) is 16.7. The first-order valence-corrected chi connectivity index (χ1v) is 7.65. The van der Waals surface area contributed by atoms with E-state index >= 15 is 0 Å². The SMILES string of the molecule is CC(O)C1CCCN(C(=O)Cc2ccc([N+](=O)[O-])cc2Cl)C1. The van der Waals surface area contributed by atoms with Crippen LogP contribution in [-0.4, -0.2) is 40.0 Å². The molecule has 2 unspecified atom stereocenters. The van der Waals surface area contributed by atoms with Gasteiger partial charge in [0.05, 0.1) is 22.5 Å². The fraction of sp³-hybridized carbons (Fsp3) is 0.533. The van der Waals surface area contributed by atoms with Crippen molar-refractivity contribution in [1.29, 1.82) is 0 Å². The van der Waals surface area contributed by atoms with Crippen LogP contribution < -0.4 is 0 Å². The molecule has 1 fully saturated rings. The lowest BCUT2D eigenvalue weighted by Gasteiger charge is -2.34. The van der Waals surface area contributed by atoms with Crippen molar-refractivity contribution in [3.63, 3.8) is 0 Å². The number of likely N-dealkylation sites (tertiary alicyclic amines) is 1. The highest BCUT2D eigenvalue weighted by atomic mass is 35.5. The lowest BCUT2D eigenvalue weighted by molar-refractivity contribution is -0.384. The van der Waals surface area contributed by atoms with E-state index in [0.717, 1.165) is 12.8 Å². The number of carbonyl (C=O) groups is 1. The third-order valence-corrected chi connectivity index (χ3v) is 4.43. The van der Waals surface area contributed by atoms with Crippen molar-refractivity contribution in [2.45, 2.75) is 32.3 Å². The van der Waals surface area contributed by atoms with E-state index in [-0.39, 0.29) is 29.0 Å². The molecule has 6 nitrogen and oxygen atoms in total. The van der Waals surface area contributed by atoms with Crippen LogP contribution in [0.3, 0.4) is 0 Å². The van der Waals surface area contributed by atoms with Crippen molar-refractivity contribution in [3.05, 3.63) is 38.9 Å². The monoisotopic (exact) mass is 326 g/mol. The number of non-ortho nitro benzene ring substituents is 1. The number of benzene rings is 1. The van der Waals surface area contributed by atoms with Crippen molar-refractivity contribution in [3.8, 4) is 0 Å². The second-order valence-electron chi connectivity index (χ2n) is 5.69. The van der Waals surface area contributed by atoms with Gasteiger partial charge in [0.2, 0.25) is 5.91 Å². The molecule has 0 aliphatic carbocycles. The van der Waals surface area contributed by atoms with Crippen LogP contribution in [0.2, 0.25) is 5.02 Å². The van der Waals surface area contributed by atoms with Crippen molar-refractivity contribution in [2.75, 3.05) is 13.1 Å². The summed E-state index contributed by atoms with van der Waals surface area (Å²) in [5.41, 5.74) is 0.491. The third kappa shape index (κ3) is 3.96. The van der Waals surface area contributed by atoms with Crippen LogP contribution in [0.1, 0.15) is 25.3 Å². The Morgan fingerprint density at radius 3 is 2.91 bits per heavy atom. The highest BCUT2D eigenvalue weighted by Gasteiger charge is 2.26. The molecule has 0 spiro atoms. The number of nitrogens with zero attached hydrogens (tertiary/aromatic N) is 2. The Morgan fingerprint density at radius 1 is 1.59 bits per heavy atom. The highest BCUT2D eigenvalue weighted by Crippen LogP contribution is 2.25. The first-order valence-electron chi connectivity index (χ1n) is 7.27. The van der Waals surface area contributed by atoms with Gasteiger partial charge in [0.15, 0.2) is 0 Å². The lowest BCUT2D eigenvalue weighted by atomic mass is 9.93. The molecule has 0 saturated carbocycles. The Bertz CT molecular complexity index is 577. The molecule has 1 aliphatic rings. The summed E-state index contributed by atoms with van der Waals surface area (Å²) in [6.07, 6.45) is 1.47. The molecular formula is C15H19ClN2O4. The first-order chi connectivity index (χ1) is 10.4. The smallest absolute Gasteiger partial charge is 0.270 e. The van der Waals surface area contributed by atoms with E-state index in [0.29, 0.717) is 18.7 Å². The van der Waals surface area contributed by atoms with Gasteiger partial charge in [0, 0.05) is 31.1 Å². The number of aliphatic hydroxyl groups is 1. The number of nitro benzene ring substituents is 1. The van der Waals surface area contributed by atoms with E-state index in [1.165, 1.54) is 18.2 Å². The number of carbonyl (C=O) groups excluding carboxylic acids is 1. The number of hydrogen-bond acceptors (Lipinski definition) is 4. The second kappa shape index (κ2) is 7.07. The van der Waals surface area contributed by atoms with Gasteiger partial charge in [-0.05, 0) is 25.3 Å². The van der Waals surface area contributed by atoms with Crippen molar-refractivity contribution < 1.29 is 14.8 Å². The minimum absolute atomic E-state index is 0.0684. The van der Waals surface area contributed by atoms with Crippen LogP contribution in [0.15, 0.2) is 18.2 Å². The molecule has 7 heteroatoms. The number of piperidine rings is 1. The Hall–Kier alpha value is -1.66. The van der Waals surface area contributed by atoms with Crippen LogP contribution in [-0.2, 0) is 11.2 Å². The van der Waals surface area contributed by atoms with Crippen LogP contribution in [0.4, 0.5) is 5.69 Å². The maximum absolute atomic E-state index is 12.4. The molecule has 1 saturated heterocycles. The zero-order valence-electron chi connectivity index (χ0n) is 12.4. The zero-order chi connectivity index (χ0) is 16.3. The maximum atomic E-state index is 12.4. The van der Waals surface area contributed by atoms with Gasteiger partial charge in [-0.15, -0.1) is 0 Å². The summed E-state index contributed by atoms with van der Waals surface area (Å²) in [4.78, 5) is 24.3. The predicted octanol–water partition coefficient (Wildman–Crippen LogP) is 2.41. The topological polar surface area (TPSA) is 83.7 Å². The molecule has 1 aromatic rings. The molecular weight excluding hydrogens is 308 g/mol. The zero-order valence-corrected chi connectivity index (χ0v) is 13.1. The number of rotatable bonds is 4. The summed E-state index contributed by atoms with van der Waals surface area (Å²) < 4.78 is 0. The van der Waals surface area contributed by atoms with E-state index in [1.54, 1.807) is 11.8 Å². The fourth-order valence-electron chi connectivity index (χ4n) is 2.70. The maximum Gasteiger partial charge on any atom is 0.270 e. The lowest BCUT2D eigenvalue weighted by Crippen LogP contribution is -2.43. The summed E-state index contributed by atoms with van der Waals surface area (Å²) in [7, 11) is 0. The number of aliphatic hydroxyl groups excluding tert-OH is 1. The predicted molar refractivity (Wildman–Crippen MR) is 82.8 cm³/mol. The van der Waals surface area contributed by atoms with Crippen LogP contribution in [0.25, 0.3) is 0 Å². The summed E-state index contributed by atoms with van der Waals surface area (Å²) in [5.74, 6) is 0.0335. The van der Waals surface area contributed by atoms with Crippen LogP contribution in [0.5, 0.6) is 0 Å². The average Bonchev–Trinajstić information content (AvgIpc) is 2.49. The number of hydrogen-bond donors (Lipinski definition) is 1. The van der Waals surface area contributed by atoms with Gasteiger partial charge in [-0.3, -0.25) is 14.9 Å². The van der Waals surface area contributed by atoms with Gasteiger partial charge in [0.1, 0.15) is 0 Å². The van der Waals surface area contributed by atoms with Crippen molar-refractivity contribution >= 4 is 23.2 Å². The largest absolute Gasteiger partial charge is 0.393 e. The Balaban J connectivity index is 2.04. The van der Waals surface area contributed by atoms with E-state index in [4.69, 9.17) is 11.6 Å². The summed E-state index contributed by atoms with van der Waals surface area (Å²) in [6, 6.07) is 4.14. The number of halogens is 1. The molecule has 1 N–H and O–H groups in total. The summed E-state index contributed by atoms with van der Waals surface area (Å²) in [5, 5.41) is 20.6. The van der Waals surface area contributed by atoms with Gasteiger partial charge >= 0.3 is 0 Å². The Morgan fingerprint density at radius 2 is 2.32 bits per heavy atom. The average molecular weight is 327 g/mol. The normalized spacial score (nSPS) is 19.8. The Labute approximate surface area is 133 Å². The molecule has 0 bridgehead atoms. The number of amides is 1. The minimum Gasteiger partial charge on any atom is -0.393 e. The van der Waals surface area contributed by atoms with E-state index in [1.807, 2.05) is 0 Å². The van der Waals surface area contributed by atoms with Crippen molar-refractivity contribution in [2.24, 2.45) is 5.92 Å². The molecule has 1 amide bonds. The highest BCUT2D eigenvalue weighted by molar-refractivity contribution is 6.31. The van der Waals surface area contributed by atoms with Crippen LogP contribution >= 0.6 is 11.6 Å². The molecule has 1 aliphatic heterocycles. The molecule has 1 heterocycles. The minimum atomic E-state index is -0.519. The molecule has 120 valence electrons. The van der Waals surface area contributed by atoms with Gasteiger partial charge < -0.3 is 10.0 Å². The second-order valence-corrected chi connectivity index (χ2v) is 6.10. The molecule has 1 aromatic carbocycles. The van der Waals surface area contributed by atoms with Gasteiger partial charge in [-0.25, -0.2) is 0 Å².